The van der Waals surface area contributed by atoms with Crippen molar-refractivity contribution in [3.05, 3.63) is 60.2 Å². The van der Waals surface area contributed by atoms with Crippen LogP contribution in [0.4, 0.5) is 5.69 Å². The maximum atomic E-state index is 11.9. The minimum absolute atomic E-state index is 0.572. The average molecular weight is 246 g/mol. The Kier molecular flexibility index (Phi) is 4.03. The van der Waals surface area contributed by atoms with E-state index in [4.69, 9.17) is 5.73 Å². The van der Waals surface area contributed by atoms with Crippen molar-refractivity contribution in [2.24, 2.45) is 0 Å². The molecule has 0 saturated heterocycles. The molecule has 2 aromatic carbocycles. The number of nitrogens with two attached hydrogens (primary N) is 1. The fourth-order valence-electron chi connectivity index (χ4n) is 1.46. The zero-order valence-electron chi connectivity index (χ0n) is 9.30. The Hall–Kier alpha value is -1.49. The van der Waals surface area contributed by atoms with Crippen molar-refractivity contribution in [2.45, 2.75) is 11.4 Å². The number of benzene rings is 2. The quantitative estimate of drug-likeness (QED) is 0.641. The van der Waals surface area contributed by atoms with Crippen molar-refractivity contribution >= 4 is 17.0 Å². The molecule has 0 aromatic heterocycles. The molecule has 0 bridgehead atoms. The first-order chi connectivity index (χ1) is 8.25. The predicted molar refractivity (Wildman–Crippen MR) is 70.5 cm³/mol. The van der Waals surface area contributed by atoms with Crippen LogP contribution in [-0.2, 0) is 17.9 Å². The second-order valence-corrected chi connectivity index (χ2v) is 4.95. The van der Waals surface area contributed by atoms with E-state index in [0.29, 0.717) is 17.1 Å². The van der Waals surface area contributed by atoms with E-state index in [1.54, 1.807) is 24.3 Å². The number of anilines is 1. The van der Waals surface area contributed by atoms with Gasteiger partial charge in [0.25, 0.3) is 0 Å². The molecule has 2 aromatic rings. The van der Waals surface area contributed by atoms with Crippen LogP contribution in [0.3, 0.4) is 0 Å². The summed E-state index contributed by atoms with van der Waals surface area (Å²) < 4.78 is 14.9. The normalized spacial score (nSPS) is 12.3. The van der Waals surface area contributed by atoms with Crippen LogP contribution >= 0.6 is 0 Å². The van der Waals surface area contributed by atoms with E-state index < -0.39 is 11.4 Å². The van der Waals surface area contributed by atoms with E-state index in [0.717, 1.165) is 5.56 Å². The molecule has 0 heterocycles. The Morgan fingerprint density at radius 3 is 2.53 bits per heavy atom. The standard InChI is InChI=1S/C13H14N2OS/c14-12-7-4-8-13(9-12)17(16)15-10-11-5-2-1-3-6-11/h1-9,15H,10,14H2. The van der Waals surface area contributed by atoms with Gasteiger partial charge in [0.2, 0.25) is 0 Å². The molecule has 0 spiro atoms. The molecule has 0 aliphatic heterocycles. The van der Waals surface area contributed by atoms with Crippen molar-refractivity contribution in [1.82, 2.24) is 4.72 Å². The highest BCUT2D eigenvalue weighted by Gasteiger charge is 2.10. The van der Waals surface area contributed by atoms with Gasteiger partial charge in [-0.25, -0.2) is 0 Å². The van der Waals surface area contributed by atoms with Crippen molar-refractivity contribution in [3.63, 3.8) is 0 Å². The number of rotatable bonds is 4. The van der Waals surface area contributed by atoms with Crippen LogP contribution in [0.5, 0.6) is 0 Å². The Morgan fingerprint density at radius 1 is 1.06 bits per heavy atom. The Labute approximate surface area is 104 Å². The Morgan fingerprint density at radius 2 is 1.82 bits per heavy atom. The van der Waals surface area contributed by atoms with E-state index in [1.165, 1.54) is 0 Å². The molecular weight excluding hydrogens is 232 g/mol. The number of hydrogen-bond donors (Lipinski definition) is 2. The van der Waals surface area contributed by atoms with E-state index in [-0.39, 0.29) is 0 Å². The fraction of sp³-hybridized carbons (Fsp3) is 0.0769. The van der Waals surface area contributed by atoms with E-state index >= 15 is 0 Å². The molecule has 0 aliphatic carbocycles. The fourth-order valence-corrected chi connectivity index (χ4v) is 2.37. The molecule has 0 saturated carbocycles. The summed E-state index contributed by atoms with van der Waals surface area (Å²) in [7, 11) is 0. The monoisotopic (exact) mass is 246 g/mol. The largest absolute Gasteiger partial charge is 0.593 e. The van der Waals surface area contributed by atoms with Gasteiger partial charge in [0, 0.05) is 11.8 Å². The third-order valence-corrected chi connectivity index (χ3v) is 3.41. The van der Waals surface area contributed by atoms with Crippen molar-refractivity contribution in [3.8, 4) is 0 Å². The van der Waals surface area contributed by atoms with Crippen LogP contribution in [-0.4, -0.2) is 4.55 Å². The molecule has 88 valence electrons. The lowest BCUT2D eigenvalue weighted by atomic mass is 10.2. The number of hydrogen-bond acceptors (Lipinski definition) is 3. The highest BCUT2D eigenvalue weighted by Crippen LogP contribution is 2.13. The zero-order valence-corrected chi connectivity index (χ0v) is 10.1. The van der Waals surface area contributed by atoms with Gasteiger partial charge in [0.15, 0.2) is 4.90 Å². The molecule has 17 heavy (non-hydrogen) atoms. The maximum absolute atomic E-state index is 11.9. The molecule has 3 N–H and O–H groups in total. The zero-order chi connectivity index (χ0) is 12.1. The van der Waals surface area contributed by atoms with Crippen LogP contribution in [0.1, 0.15) is 5.56 Å². The first-order valence-electron chi connectivity index (χ1n) is 5.30. The topological polar surface area (TPSA) is 61.1 Å². The number of nitrogen functional groups attached to an aromatic ring is 1. The third-order valence-electron chi connectivity index (χ3n) is 2.32. The molecule has 2 rings (SSSR count). The SMILES string of the molecule is Nc1cccc([S+]([O-])NCc2ccccc2)c1. The van der Waals surface area contributed by atoms with Gasteiger partial charge in [-0.3, -0.25) is 0 Å². The highest BCUT2D eigenvalue weighted by atomic mass is 32.2. The summed E-state index contributed by atoms with van der Waals surface area (Å²) in [5, 5.41) is 0. The summed E-state index contributed by atoms with van der Waals surface area (Å²) in [6.07, 6.45) is 0. The van der Waals surface area contributed by atoms with Gasteiger partial charge in [-0.05, 0) is 17.7 Å². The first-order valence-corrected chi connectivity index (χ1v) is 6.45. The van der Waals surface area contributed by atoms with Gasteiger partial charge < -0.3 is 10.3 Å². The second kappa shape index (κ2) is 5.72. The molecule has 4 heteroatoms. The lowest BCUT2D eigenvalue weighted by molar-refractivity contribution is 0.580. The molecule has 0 aliphatic rings. The summed E-state index contributed by atoms with van der Waals surface area (Å²) in [5.41, 5.74) is 7.37. The second-order valence-electron chi connectivity index (χ2n) is 3.65. The van der Waals surface area contributed by atoms with Crippen molar-refractivity contribution in [1.29, 1.82) is 0 Å². The summed E-state index contributed by atoms with van der Waals surface area (Å²) in [6.45, 7) is 0.572. The molecular formula is C13H14N2OS. The Bertz CT molecular complexity index is 476. The van der Waals surface area contributed by atoms with Crippen LogP contribution in [0, 0.1) is 0 Å². The summed E-state index contributed by atoms with van der Waals surface area (Å²) in [5.74, 6) is 0. The van der Waals surface area contributed by atoms with E-state index in [2.05, 4.69) is 4.72 Å². The van der Waals surface area contributed by atoms with Gasteiger partial charge in [0.05, 0.1) is 17.9 Å². The van der Waals surface area contributed by atoms with Crippen LogP contribution in [0.25, 0.3) is 0 Å². The minimum Gasteiger partial charge on any atom is -0.593 e. The minimum atomic E-state index is -1.22. The van der Waals surface area contributed by atoms with E-state index in [1.807, 2.05) is 30.3 Å². The first kappa shape index (κ1) is 12.0. The van der Waals surface area contributed by atoms with Gasteiger partial charge in [0.1, 0.15) is 0 Å². The molecule has 0 fully saturated rings. The van der Waals surface area contributed by atoms with Crippen LogP contribution < -0.4 is 10.5 Å². The van der Waals surface area contributed by atoms with Crippen LogP contribution in [0.2, 0.25) is 0 Å². The maximum Gasteiger partial charge on any atom is 0.175 e. The van der Waals surface area contributed by atoms with Gasteiger partial charge in [-0.1, -0.05) is 36.4 Å². The van der Waals surface area contributed by atoms with Gasteiger partial charge in [-0.2, -0.15) is 0 Å². The average Bonchev–Trinajstić information content (AvgIpc) is 2.37. The third kappa shape index (κ3) is 3.49. The summed E-state index contributed by atoms with van der Waals surface area (Å²) in [4.78, 5) is 0.695. The lowest BCUT2D eigenvalue weighted by Crippen LogP contribution is -2.23. The molecule has 1 unspecified atom stereocenters. The lowest BCUT2D eigenvalue weighted by Gasteiger charge is -2.10. The summed E-state index contributed by atoms with van der Waals surface area (Å²) in [6, 6.07) is 16.9. The van der Waals surface area contributed by atoms with Gasteiger partial charge >= 0.3 is 0 Å². The van der Waals surface area contributed by atoms with Crippen molar-refractivity contribution in [2.75, 3.05) is 5.73 Å². The summed E-state index contributed by atoms with van der Waals surface area (Å²) >= 11 is -1.22. The van der Waals surface area contributed by atoms with E-state index in [9.17, 15) is 4.55 Å². The van der Waals surface area contributed by atoms with Crippen molar-refractivity contribution < 1.29 is 4.55 Å². The smallest absolute Gasteiger partial charge is 0.175 e. The predicted octanol–water partition coefficient (Wildman–Crippen LogP) is 2.08. The Balaban J connectivity index is 1.96. The molecule has 3 nitrogen and oxygen atoms in total. The van der Waals surface area contributed by atoms with Crippen LogP contribution in [0.15, 0.2) is 59.5 Å². The highest BCUT2D eigenvalue weighted by molar-refractivity contribution is 7.89. The molecule has 0 radical (unpaired) electrons. The molecule has 0 amide bonds. The molecule has 1 atom stereocenters. The van der Waals surface area contributed by atoms with Gasteiger partial charge in [-0.15, -0.1) is 4.72 Å². The number of nitrogens with one attached hydrogen (secondary N) is 1.